The summed E-state index contributed by atoms with van der Waals surface area (Å²) in [7, 11) is -3.60. The molecule has 0 radical (unpaired) electrons. The highest BCUT2D eigenvalue weighted by Crippen LogP contribution is 2.22. The standard InChI is InChI=1S/C14H19N3O2S2/c1-3-12-6-5-11(10-15-4-2)9-13(12)21(18,19)17-14-16-7-8-20-14/h5-9,15H,3-4,10H2,1-2H3,(H,16,17). The second-order valence-electron chi connectivity index (χ2n) is 4.52. The van der Waals surface area contributed by atoms with Crippen LogP contribution in [0.2, 0.25) is 0 Å². The Kier molecular flexibility index (Phi) is 5.33. The molecule has 2 aromatic rings. The van der Waals surface area contributed by atoms with Gasteiger partial charge in [-0.05, 0) is 30.2 Å². The van der Waals surface area contributed by atoms with Gasteiger partial charge in [0, 0.05) is 18.1 Å². The smallest absolute Gasteiger partial charge is 0.263 e. The number of rotatable bonds is 7. The van der Waals surface area contributed by atoms with Crippen molar-refractivity contribution in [3.63, 3.8) is 0 Å². The maximum atomic E-state index is 12.5. The van der Waals surface area contributed by atoms with Crippen LogP contribution in [-0.4, -0.2) is 19.9 Å². The van der Waals surface area contributed by atoms with E-state index < -0.39 is 10.0 Å². The lowest BCUT2D eigenvalue weighted by atomic mass is 10.1. The third kappa shape index (κ3) is 4.03. The number of aromatic nitrogens is 1. The summed E-state index contributed by atoms with van der Waals surface area (Å²) in [5.74, 6) is 0. The summed E-state index contributed by atoms with van der Waals surface area (Å²) in [5.41, 5.74) is 1.76. The van der Waals surface area contributed by atoms with E-state index in [4.69, 9.17) is 0 Å². The van der Waals surface area contributed by atoms with Crippen molar-refractivity contribution in [2.24, 2.45) is 0 Å². The third-order valence-electron chi connectivity index (χ3n) is 3.04. The van der Waals surface area contributed by atoms with Gasteiger partial charge in [-0.2, -0.15) is 0 Å². The van der Waals surface area contributed by atoms with Crippen LogP contribution < -0.4 is 10.0 Å². The molecule has 0 aliphatic carbocycles. The summed E-state index contributed by atoms with van der Waals surface area (Å²) < 4.78 is 27.6. The summed E-state index contributed by atoms with van der Waals surface area (Å²) in [4.78, 5) is 4.30. The summed E-state index contributed by atoms with van der Waals surface area (Å²) in [6.45, 7) is 5.46. The largest absolute Gasteiger partial charge is 0.313 e. The zero-order chi connectivity index (χ0) is 15.3. The van der Waals surface area contributed by atoms with Crippen LogP contribution >= 0.6 is 11.3 Å². The average molecular weight is 325 g/mol. The number of anilines is 1. The fourth-order valence-corrected chi connectivity index (χ4v) is 4.11. The van der Waals surface area contributed by atoms with E-state index in [0.29, 0.717) is 23.0 Å². The number of thiazole rings is 1. The molecule has 0 atom stereocenters. The van der Waals surface area contributed by atoms with Gasteiger partial charge in [0.15, 0.2) is 5.13 Å². The minimum absolute atomic E-state index is 0.329. The first-order valence-corrected chi connectivity index (χ1v) is 9.18. The van der Waals surface area contributed by atoms with Crippen molar-refractivity contribution in [1.82, 2.24) is 10.3 Å². The Morgan fingerprint density at radius 3 is 2.71 bits per heavy atom. The molecule has 0 amide bonds. The Morgan fingerprint density at radius 2 is 2.10 bits per heavy atom. The Bertz CT molecular complexity index is 682. The Hall–Kier alpha value is -1.44. The molecule has 0 spiro atoms. The van der Waals surface area contributed by atoms with Crippen molar-refractivity contribution >= 4 is 26.5 Å². The van der Waals surface area contributed by atoms with Crippen molar-refractivity contribution in [2.75, 3.05) is 11.3 Å². The third-order valence-corrected chi connectivity index (χ3v) is 5.27. The first-order chi connectivity index (χ1) is 10.1. The molecule has 1 heterocycles. The first-order valence-electron chi connectivity index (χ1n) is 6.81. The van der Waals surface area contributed by atoms with Gasteiger partial charge in [-0.15, -0.1) is 11.3 Å². The Labute approximate surface area is 129 Å². The minimum atomic E-state index is -3.60. The van der Waals surface area contributed by atoms with Crippen molar-refractivity contribution in [1.29, 1.82) is 0 Å². The van der Waals surface area contributed by atoms with E-state index in [1.807, 2.05) is 26.0 Å². The van der Waals surface area contributed by atoms with E-state index in [2.05, 4.69) is 15.0 Å². The van der Waals surface area contributed by atoms with E-state index in [9.17, 15) is 8.42 Å². The number of hydrogen-bond donors (Lipinski definition) is 2. The van der Waals surface area contributed by atoms with Gasteiger partial charge >= 0.3 is 0 Å². The quantitative estimate of drug-likeness (QED) is 0.821. The fraction of sp³-hybridized carbons (Fsp3) is 0.357. The molecule has 0 unspecified atom stereocenters. The van der Waals surface area contributed by atoms with Crippen LogP contribution in [-0.2, 0) is 23.0 Å². The molecule has 1 aromatic heterocycles. The van der Waals surface area contributed by atoms with E-state index >= 15 is 0 Å². The van der Waals surface area contributed by atoms with Crippen molar-refractivity contribution in [3.05, 3.63) is 40.9 Å². The maximum absolute atomic E-state index is 12.5. The summed E-state index contributed by atoms with van der Waals surface area (Å²) >= 11 is 1.26. The Balaban J connectivity index is 2.35. The van der Waals surface area contributed by atoms with Crippen molar-refractivity contribution in [2.45, 2.75) is 31.7 Å². The van der Waals surface area contributed by atoms with Gasteiger partial charge in [-0.1, -0.05) is 26.0 Å². The van der Waals surface area contributed by atoms with Crippen LogP contribution in [0.3, 0.4) is 0 Å². The first kappa shape index (κ1) is 15.9. The van der Waals surface area contributed by atoms with E-state index in [1.165, 1.54) is 11.3 Å². The monoisotopic (exact) mass is 325 g/mol. The molecule has 0 saturated carbocycles. The molecule has 0 aliphatic rings. The lowest BCUT2D eigenvalue weighted by Gasteiger charge is -2.12. The average Bonchev–Trinajstić information content (AvgIpc) is 2.97. The molecule has 2 N–H and O–H groups in total. The van der Waals surface area contributed by atoms with E-state index in [1.54, 1.807) is 17.6 Å². The summed E-state index contributed by atoms with van der Waals surface area (Å²) in [6, 6.07) is 5.57. The normalized spacial score (nSPS) is 11.5. The predicted molar refractivity (Wildman–Crippen MR) is 86.1 cm³/mol. The van der Waals surface area contributed by atoms with Gasteiger partial charge in [-0.3, -0.25) is 4.72 Å². The molecule has 0 aliphatic heterocycles. The molecule has 1 aromatic carbocycles. The second-order valence-corrected chi connectivity index (χ2v) is 7.06. The number of hydrogen-bond acceptors (Lipinski definition) is 5. The molecule has 114 valence electrons. The molecular formula is C14H19N3O2S2. The lowest BCUT2D eigenvalue weighted by Crippen LogP contribution is -2.17. The number of aryl methyl sites for hydroxylation is 1. The van der Waals surface area contributed by atoms with E-state index in [-0.39, 0.29) is 0 Å². The SMILES string of the molecule is CCNCc1ccc(CC)c(S(=O)(=O)Nc2nccs2)c1. The van der Waals surface area contributed by atoms with Gasteiger partial charge in [-0.25, -0.2) is 13.4 Å². The topological polar surface area (TPSA) is 71.1 Å². The molecular weight excluding hydrogens is 306 g/mol. The molecule has 7 heteroatoms. The molecule has 5 nitrogen and oxygen atoms in total. The van der Waals surface area contributed by atoms with Crippen molar-refractivity contribution in [3.8, 4) is 0 Å². The van der Waals surface area contributed by atoms with Crippen LogP contribution in [0.25, 0.3) is 0 Å². The van der Waals surface area contributed by atoms with Crippen LogP contribution in [0.4, 0.5) is 5.13 Å². The number of nitrogens with one attached hydrogen (secondary N) is 2. The highest BCUT2D eigenvalue weighted by atomic mass is 32.2. The summed E-state index contributed by atoms with van der Waals surface area (Å²) in [5, 5.41) is 5.32. The highest BCUT2D eigenvalue weighted by molar-refractivity contribution is 7.93. The zero-order valence-corrected chi connectivity index (χ0v) is 13.7. The number of benzene rings is 1. The predicted octanol–water partition coefficient (Wildman–Crippen LogP) is 2.62. The maximum Gasteiger partial charge on any atom is 0.263 e. The second kappa shape index (κ2) is 7.02. The van der Waals surface area contributed by atoms with Gasteiger partial charge < -0.3 is 5.32 Å². The van der Waals surface area contributed by atoms with Gasteiger partial charge in [0.05, 0.1) is 4.90 Å². The van der Waals surface area contributed by atoms with Gasteiger partial charge in [0.1, 0.15) is 0 Å². The van der Waals surface area contributed by atoms with Crippen LogP contribution in [0.5, 0.6) is 0 Å². The molecule has 0 bridgehead atoms. The van der Waals surface area contributed by atoms with Gasteiger partial charge in [0.2, 0.25) is 0 Å². The summed E-state index contributed by atoms with van der Waals surface area (Å²) in [6.07, 6.45) is 2.24. The fourth-order valence-electron chi connectivity index (χ4n) is 1.96. The van der Waals surface area contributed by atoms with E-state index in [0.717, 1.165) is 17.7 Å². The minimum Gasteiger partial charge on any atom is -0.313 e. The Morgan fingerprint density at radius 1 is 1.29 bits per heavy atom. The van der Waals surface area contributed by atoms with Gasteiger partial charge in [0.25, 0.3) is 10.0 Å². The zero-order valence-electron chi connectivity index (χ0n) is 12.1. The molecule has 0 saturated heterocycles. The molecule has 2 rings (SSSR count). The number of nitrogens with zero attached hydrogens (tertiary/aromatic N) is 1. The van der Waals surface area contributed by atoms with Crippen LogP contribution in [0.1, 0.15) is 25.0 Å². The van der Waals surface area contributed by atoms with Crippen LogP contribution in [0.15, 0.2) is 34.7 Å². The van der Waals surface area contributed by atoms with Crippen LogP contribution in [0, 0.1) is 0 Å². The highest BCUT2D eigenvalue weighted by Gasteiger charge is 2.19. The number of sulfonamides is 1. The molecule has 21 heavy (non-hydrogen) atoms. The lowest BCUT2D eigenvalue weighted by molar-refractivity contribution is 0.599. The van der Waals surface area contributed by atoms with Crippen molar-refractivity contribution < 1.29 is 8.42 Å². The molecule has 0 fully saturated rings.